The first kappa shape index (κ1) is 19.4. The molecule has 0 radical (unpaired) electrons. The lowest BCUT2D eigenvalue weighted by Crippen LogP contribution is -2.31. The molecule has 0 bridgehead atoms. The Kier molecular flexibility index (Phi) is 7.37. The van der Waals surface area contributed by atoms with E-state index in [-0.39, 0.29) is 18.2 Å². The van der Waals surface area contributed by atoms with Gasteiger partial charge in [-0.3, -0.25) is 4.79 Å². The Morgan fingerprint density at radius 3 is 2.40 bits per heavy atom. The van der Waals surface area contributed by atoms with Gasteiger partial charge in [0, 0.05) is 17.5 Å². The number of nitrogens with one attached hydrogen (secondary N) is 1. The highest BCUT2D eigenvalue weighted by Gasteiger charge is 2.26. The number of carbonyl (C=O) groups excluding carboxylic acids is 1. The van der Waals surface area contributed by atoms with Crippen LogP contribution in [0, 0.1) is 11.0 Å². The Bertz CT molecular complexity index is 676. The summed E-state index contributed by atoms with van der Waals surface area (Å²) in [6.07, 6.45) is 0.00661. The number of rotatable bonds is 8. The van der Waals surface area contributed by atoms with Gasteiger partial charge in [-0.2, -0.15) is 0 Å². The third kappa shape index (κ3) is 5.81. The molecule has 0 heterocycles. The topological polar surface area (TPSA) is 61.4 Å². The minimum Gasteiger partial charge on any atom is -0.759 e. The fraction of sp³-hybridized carbons (Fsp3) is 0.316. The van der Waals surface area contributed by atoms with Gasteiger partial charge in [0.1, 0.15) is 5.82 Å². The van der Waals surface area contributed by atoms with Crippen LogP contribution in [0.1, 0.15) is 30.4 Å². The highest BCUT2D eigenvalue weighted by molar-refractivity contribution is 6.30. The number of hydrogen-bond donors (Lipinski definition) is 1. The van der Waals surface area contributed by atoms with Crippen molar-refractivity contribution in [1.29, 1.82) is 0 Å². The van der Waals surface area contributed by atoms with Crippen molar-refractivity contribution in [1.82, 2.24) is 5.48 Å². The second kappa shape index (κ2) is 9.51. The molecular weight excluding hydrogens is 345 g/mol. The van der Waals surface area contributed by atoms with Crippen molar-refractivity contribution in [2.45, 2.75) is 31.8 Å². The molecule has 25 heavy (non-hydrogen) atoms. The molecule has 1 unspecified atom stereocenters. The van der Waals surface area contributed by atoms with Crippen LogP contribution >= 0.6 is 11.6 Å². The van der Waals surface area contributed by atoms with Crippen molar-refractivity contribution >= 4 is 17.5 Å². The number of benzene rings is 2. The molecule has 0 fully saturated rings. The highest BCUT2D eigenvalue weighted by Crippen LogP contribution is 2.29. The van der Waals surface area contributed by atoms with Gasteiger partial charge in [0.15, 0.2) is 0 Å². The van der Waals surface area contributed by atoms with E-state index in [1.807, 2.05) is 19.1 Å². The molecule has 4 nitrogen and oxygen atoms in total. The summed E-state index contributed by atoms with van der Waals surface area (Å²) in [5.41, 5.74) is 3.24. The van der Waals surface area contributed by atoms with E-state index in [1.54, 1.807) is 24.3 Å². The van der Waals surface area contributed by atoms with Gasteiger partial charge in [-0.25, -0.2) is 4.39 Å². The van der Waals surface area contributed by atoms with Crippen LogP contribution in [0.3, 0.4) is 0 Å². The summed E-state index contributed by atoms with van der Waals surface area (Å²) in [6.45, 7) is 2.22. The number of carbonyl (C=O) groups is 1. The Labute approximate surface area is 151 Å². The fourth-order valence-corrected chi connectivity index (χ4v) is 2.93. The molecule has 0 aromatic heterocycles. The van der Waals surface area contributed by atoms with Crippen molar-refractivity contribution < 1.29 is 13.9 Å². The zero-order valence-corrected chi connectivity index (χ0v) is 14.6. The lowest BCUT2D eigenvalue weighted by molar-refractivity contribution is -0.123. The third-order valence-electron chi connectivity index (χ3n) is 4.00. The van der Waals surface area contributed by atoms with Crippen molar-refractivity contribution in [3.63, 3.8) is 0 Å². The van der Waals surface area contributed by atoms with Gasteiger partial charge in [0.05, 0.1) is 12.5 Å². The molecule has 0 aliphatic rings. The summed E-state index contributed by atoms with van der Waals surface area (Å²) in [7, 11) is 0. The SMILES string of the molecule is CCOC(CC(=O)N[O-])[C@H](Cc1ccc(Cl)cc1)c1ccc(F)cc1. The number of amides is 1. The third-order valence-corrected chi connectivity index (χ3v) is 4.25. The Hall–Kier alpha value is -1.95. The molecule has 1 N–H and O–H groups in total. The van der Waals surface area contributed by atoms with Crippen LogP contribution in [-0.2, 0) is 16.0 Å². The molecule has 0 saturated heterocycles. The Morgan fingerprint density at radius 1 is 1.20 bits per heavy atom. The van der Waals surface area contributed by atoms with E-state index in [1.165, 1.54) is 17.6 Å². The second-order valence-corrected chi connectivity index (χ2v) is 6.15. The van der Waals surface area contributed by atoms with E-state index in [2.05, 4.69) is 0 Å². The first-order valence-electron chi connectivity index (χ1n) is 8.06. The zero-order chi connectivity index (χ0) is 18.2. The maximum atomic E-state index is 13.3. The molecule has 2 aromatic rings. The van der Waals surface area contributed by atoms with Gasteiger partial charge < -0.3 is 15.4 Å². The normalized spacial score (nSPS) is 13.3. The number of hydroxylamine groups is 1. The molecule has 0 spiro atoms. The summed E-state index contributed by atoms with van der Waals surface area (Å²) in [4.78, 5) is 11.6. The van der Waals surface area contributed by atoms with Crippen molar-refractivity contribution in [3.8, 4) is 0 Å². The fourth-order valence-electron chi connectivity index (χ4n) is 2.80. The van der Waals surface area contributed by atoms with Crippen LogP contribution in [0.15, 0.2) is 48.5 Å². The maximum Gasteiger partial charge on any atom is 0.212 e. The minimum absolute atomic E-state index is 0.0625. The molecule has 0 aliphatic heterocycles. The summed E-state index contributed by atoms with van der Waals surface area (Å²) >= 11 is 5.93. The van der Waals surface area contributed by atoms with Gasteiger partial charge in [0.25, 0.3) is 0 Å². The average Bonchev–Trinajstić information content (AvgIpc) is 2.61. The smallest absolute Gasteiger partial charge is 0.212 e. The first-order valence-corrected chi connectivity index (χ1v) is 8.43. The van der Waals surface area contributed by atoms with Crippen LogP contribution in [0.25, 0.3) is 0 Å². The van der Waals surface area contributed by atoms with Gasteiger partial charge >= 0.3 is 0 Å². The van der Waals surface area contributed by atoms with Crippen molar-refractivity contribution in [2.75, 3.05) is 6.61 Å². The lowest BCUT2D eigenvalue weighted by Gasteiger charge is -2.28. The monoisotopic (exact) mass is 364 g/mol. The number of halogens is 2. The van der Waals surface area contributed by atoms with Crippen LogP contribution in [0.2, 0.25) is 5.02 Å². The molecule has 2 atom stereocenters. The van der Waals surface area contributed by atoms with Gasteiger partial charge in [-0.1, -0.05) is 35.9 Å². The standard InChI is InChI=1S/C19H20ClFNO3/c1-2-25-18(12-19(23)22-24)17(14-5-9-16(21)10-6-14)11-13-3-7-15(20)8-4-13/h3-10,17-18H,2,11-12H2,1H3,(H-,22,23,24)/q-1/t17-,18?/m1/s1. The van der Waals surface area contributed by atoms with E-state index >= 15 is 0 Å². The van der Waals surface area contributed by atoms with Gasteiger partial charge in [-0.15, -0.1) is 0 Å². The largest absolute Gasteiger partial charge is 0.759 e. The number of hydrogen-bond acceptors (Lipinski definition) is 3. The van der Waals surface area contributed by atoms with Crippen molar-refractivity contribution in [2.24, 2.45) is 0 Å². The molecule has 2 rings (SSSR count). The molecule has 134 valence electrons. The van der Waals surface area contributed by atoms with Crippen LogP contribution in [0.4, 0.5) is 4.39 Å². The second-order valence-electron chi connectivity index (χ2n) is 5.71. The van der Waals surface area contributed by atoms with Gasteiger partial charge in [-0.05, 0) is 48.7 Å². The predicted molar refractivity (Wildman–Crippen MR) is 95.8 cm³/mol. The highest BCUT2D eigenvalue weighted by atomic mass is 35.5. The lowest BCUT2D eigenvalue weighted by atomic mass is 9.85. The minimum atomic E-state index is -0.637. The van der Waals surface area contributed by atoms with E-state index in [0.29, 0.717) is 18.1 Å². The van der Waals surface area contributed by atoms with Crippen LogP contribution < -0.4 is 5.48 Å². The maximum absolute atomic E-state index is 13.3. The zero-order valence-electron chi connectivity index (χ0n) is 13.9. The molecule has 2 aromatic carbocycles. The van der Waals surface area contributed by atoms with E-state index in [4.69, 9.17) is 16.3 Å². The summed E-state index contributed by atoms with van der Waals surface area (Å²) in [5.74, 6) is -1.18. The first-order chi connectivity index (χ1) is 12.0. The van der Waals surface area contributed by atoms with Crippen LogP contribution in [-0.4, -0.2) is 18.6 Å². The van der Waals surface area contributed by atoms with E-state index in [9.17, 15) is 14.4 Å². The Balaban J connectivity index is 2.32. The molecule has 0 aliphatic carbocycles. The molecule has 1 amide bonds. The van der Waals surface area contributed by atoms with E-state index < -0.39 is 12.0 Å². The molecule has 6 heteroatoms. The molecule has 0 saturated carbocycles. The molecular formula is C19H20ClFNO3-. The quantitative estimate of drug-likeness (QED) is 0.713. The van der Waals surface area contributed by atoms with Crippen molar-refractivity contribution in [3.05, 3.63) is 75.7 Å². The average molecular weight is 365 g/mol. The summed E-state index contributed by atoms with van der Waals surface area (Å²) < 4.78 is 19.0. The predicted octanol–water partition coefficient (Wildman–Crippen LogP) is 4.21. The van der Waals surface area contributed by atoms with Crippen LogP contribution in [0.5, 0.6) is 0 Å². The van der Waals surface area contributed by atoms with E-state index in [0.717, 1.165) is 11.1 Å². The summed E-state index contributed by atoms with van der Waals surface area (Å²) in [5, 5.41) is 11.3. The number of ether oxygens (including phenoxy) is 1. The summed E-state index contributed by atoms with van der Waals surface area (Å²) in [6, 6.07) is 13.5. The van der Waals surface area contributed by atoms with Gasteiger partial charge in [0.2, 0.25) is 5.91 Å². The Morgan fingerprint density at radius 2 is 1.84 bits per heavy atom.